The molecule has 0 unspecified atom stereocenters. The number of aromatic nitrogens is 4. The summed E-state index contributed by atoms with van der Waals surface area (Å²) in [6, 6.07) is 7.13. The molecule has 156 valence electrons. The lowest BCUT2D eigenvalue weighted by atomic mass is 10.3. The van der Waals surface area contributed by atoms with E-state index in [1.54, 1.807) is 54.7 Å². The van der Waals surface area contributed by atoms with Crippen molar-refractivity contribution in [2.75, 3.05) is 25.7 Å². The van der Waals surface area contributed by atoms with Crippen LogP contribution in [0.25, 0.3) is 28.1 Å². The van der Waals surface area contributed by atoms with E-state index >= 15 is 0 Å². The summed E-state index contributed by atoms with van der Waals surface area (Å²) < 4.78 is 32.1. The van der Waals surface area contributed by atoms with Crippen LogP contribution < -0.4 is 9.47 Å². The lowest BCUT2D eigenvalue weighted by molar-refractivity contribution is 0.301. The number of rotatable bonds is 7. The summed E-state index contributed by atoms with van der Waals surface area (Å²) in [7, 11) is -0.983. The second-order valence-corrected chi connectivity index (χ2v) is 9.47. The van der Waals surface area contributed by atoms with Crippen molar-refractivity contribution in [1.29, 1.82) is 5.26 Å². The molecule has 0 atom stereocenters. The van der Waals surface area contributed by atoms with Gasteiger partial charge in [-0.3, -0.25) is 0 Å². The summed E-state index contributed by atoms with van der Waals surface area (Å²) in [5.74, 6) is 1.88. The molecular formula is C19H20N6O4S. The molecule has 0 radical (unpaired) electrons. The lowest BCUT2D eigenvalue weighted by Gasteiger charge is -2.15. The molecule has 0 aliphatic carbocycles. The monoisotopic (exact) mass is 428 g/mol. The number of hydrogen-bond donors (Lipinski definition) is 2. The summed E-state index contributed by atoms with van der Waals surface area (Å²) in [6.07, 6.45) is 7.11. The summed E-state index contributed by atoms with van der Waals surface area (Å²) in [6.45, 7) is 0.340. The predicted molar refractivity (Wildman–Crippen MR) is 113 cm³/mol. The molecule has 4 aromatic rings. The minimum absolute atomic E-state index is 0.340. The van der Waals surface area contributed by atoms with E-state index in [9.17, 15) is 4.55 Å². The Morgan fingerprint density at radius 3 is 3.00 bits per heavy atom. The van der Waals surface area contributed by atoms with Crippen LogP contribution in [0.2, 0.25) is 0 Å². The smallest absolute Gasteiger partial charge is 0.231 e. The molecule has 0 aliphatic rings. The van der Waals surface area contributed by atoms with E-state index in [1.807, 2.05) is 6.07 Å². The van der Waals surface area contributed by atoms with E-state index < -0.39 is 10.1 Å². The van der Waals surface area contributed by atoms with E-state index in [0.29, 0.717) is 53.2 Å². The average Bonchev–Trinajstić information content (AvgIpc) is 3.34. The minimum atomic E-state index is -2.54. The molecule has 4 aromatic heterocycles. The zero-order valence-electron chi connectivity index (χ0n) is 16.4. The van der Waals surface area contributed by atoms with Crippen LogP contribution in [0.5, 0.6) is 11.8 Å². The third kappa shape index (κ3) is 3.96. The fourth-order valence-corrected chi connectivity index (χ4v) is 4.04. The molecule has 10 nitrogen and oxygen atoms in total. The van der Waals surface area contributed by atoms with Gasteiger partial charge in [0.05, 0.1) is 25.3 Å². The highest BCUT2D eigenvalue weighted by molar-refractivity contribution is 7.99. The summed E-state index contributed by atoms with van der Waals surface area (Å²) in [5.41, 5.74) is 1.96. The van der Waals surface area contributed by atoms with Crippen LogP contribution in [0, 0.1) is 11.5 Å². The number of nitriles is 1. The number of furan rings is 1. The molecular weight excluding hydrogens is 408 g/mol. The van der Waals surface area contributed by atoms with Crippen molar-refractivity contribution in [2.24, 2.45) is 4.36 Å². The first kappa shape index (κ1) is 19.8. The van der Waals surface area contributed by atoms with Gasteiger partial charge >= 0.3 is 0 Å². The van der Waals surface area contributed by atoms with E-state index in [0.717, 1.165) is 5.39 Å². The number of nitrogens with zero attached hydrogens (tertiary/aromatic N) is 6. The molecule has 0 fully saturated rings. The number of ether oxygens (including phenoxy) is 2. The molecule has 11 heteroatoms. The Morgan fingerprint density at radius 1 is 1.33 bits per heavy atom. The lowest BCUT2D eigenvalue weighted by Crippen LogP contribution is -2.15. The molecule has 30 heavy (non-hydrogen) atoms. The third-order valence-corrected chi connectivity index (χ3v) is 6.11. The molecule has 0 aromatic carbocycles. The van der Waals surface area contributed by atoms with Crippen molar-refractivity contribution in [3.8, 4) is 29.4 Å². The van der Waals surface area contributed by atoms with Crippen molar-refractivity contribution in [1.82, 2.24) is 19.6 Å². The van der Waals surface area contributed by atoms with Gasteiger partial charge in [-0.15, -0.1) is 9.46 Å². The molecule has 1 N–H and O–H groups in total. The minimum Gasteiger partial charge on any atom is -0.480 e. The van der Waals surface area contributed by atoms with Crippen LogP contribution in [-0.2, 0) is 10.1 Å². The van der Waals surface area contributed by atoms with Crippen molar-refractivity contribution in [3.63, 3.8) is 0 Å². The van der Waals surface area contributed by atoms with Gasteiger partial charge in [0, 0.05) is 24.1 Å². The Bertz CT molecular complexity index is 1300. The Hall–Kier alpha value is -3.49. The molecule has 0 amide bonds. The maximum absolute atomic E-state index is 10.00. The second-order valence-electron chi connectivity index (χ2n) is 6.64. The average molecular weight is 428 g/mol. The highest BCUT2D eigenvalue weighted by Gasteiger charge is 2.15. The number of hydrogen-bond acceptors (Lipinski definition) is 8. The first-order chi connectivity index (χ1) is 14.5. The molecule has 0 saturated carbocycles. The van der Waals surface area contributed by atoms with Gasteiger partial charge in [-0.05, 0) is 24.8 Å². The topological polar surface area (TPSA) is 131 Å². The second kappa shape index (κ2) is 8.10. The van der Waals surface area contributed by atoms with E-state index in [-0.39, 0.29) is 0 Å². The Kier molecular flexibility index (Phi) is 5.35. The Labute approximate surface area is 173 Å². The Balaban J connectivity index is 1.57. The van der Waals surface area contributed by atoms with Gasteiger partial charge in [-0.25, -0.2) is 14.5 Å². The van der Waals surface area contributed by atoms with Gasteiger partial charge < -0.3 is 18.4 Å². The first-order valence-electron chi connectivity index (χ1n) is 9.11. The maximum atomic E-state index is 10.00. The summed E-state index contributed by atoms with van der Waals surface area (Å²) >= 11 is 0. The van der Waals surface area contributed by atoms with Gasteiger partial charge in [0.1, 0.15) is 11.3 Å². The van der Waals surface area contributed by atoms with Gasteiger partial charge in [0.15, 0.2) is 11.4 Å². The van der Waals surface area contributed by atoms with Crippen LogP contribution in [0.3, 0.4) is 0 Å². The fraction of sp³-hybridized carbons (Fsp3) is 0.263. The van der Waals surface area contributed by atoms with E-state index in [1.165, 1.54) is 0 Å². The van der Waals surface area contributed by atoms with Crippen molar-refractivity contribution < 1.29 is 18.4 Å². The van der Waals surface area contributed by atoms with Crippen LogP contribution in [0.1, 0.15) is 6.42 Å². The summed E-state index contributed by atoms with van der Waals surface area (Å²) in [4.78, 5) is 8.55. The van der Waals surface area contributed by atoms with Crippen LogP contribution in [0.15, 0.2) is 45.4 Å². The number of thiol groups is 1. The van der Waals surface area contributed by atoms with Crippen LogP contribution in [0.4, 0.5) is 0 Å². The molecule has 0 spiro atoms. The molecule has 4 heterocycles. The van der Waals surface area contributed by atoms with Gasteiger partial charge in [0.25, 0.3) is 0 Å². The van der Waals surface area contributed by atoms with E-state index in [4.69, 9.17) is 19.2 Å². The zero-order valence-corrected chi connectivity index (χ0v) is 17.3. The van der Waals surface area contributed by atoms with Crippen molar-refractivity contribution >= 4 is 26.7 Å². The van der Waals surface area contributed by atoms with Crippen molar-refractivity contribution in [2.45, 2.75) is 6.42 Å². The van der Waals surface area contributed by atoms with Crippen LogP contribution in [-0.4, -0.2) is 49.9 Å². The SMILES string of the molecule is COc1nccc2oc(-c3cnc4ccc(OCCC[SH](C)(O)=NC#N)nn34)cc12. The highest BCUT2D eigenvalue weighted by Crippen LogP contribution is 2.32. The third-order valence-electron chi connectivity index (χ3n) is 4.43. The quantitative estimate of drug-likeness (QED) is 0.261. The van der Waals surface area contributed by atoms with E-state index in [2.05, 4.69) is 19.4 Å². The Morgan fingerprint density at radius 2 is 2.20 bits per heavy atom. The normalized spacial score (nSPS) is 12.1. The highest BCUT2D eigenvalue weighted by atomic mass is 32.3. The van der Waals surface area contributed by atoms with Crippen LogP contribution >= 0.6 is 0 Å². The number of imidazole rings is 1. The predicted octanol–water partition coefficient (Wildman–Crippen LogP) is 2.97. The number of pyridine rings is 1. The first-order valence-corrected chi connectivity index (χ1v) is 11.4. The molecule has 4 rings (SSSR count). The molecule has 0 saturated heterocycles. The molecule has 0 aliphatic heterocycles. The summed E-state index contributed by atoms with van der Waals surface area (Å²) in [5, 5.41) is 13.8. The maximum Gasteiger partial charge on any atom is 0.231 e. The number of fused-ring (bicyclic) bond motifs is 2. The van der Waals surface area contributed by atoms with Gasteiger partial charge in [-0.1, -0.05) is 10.1 Å². The molecule has 0 bridgehead atoms. The standard InChI is InChI=1S/C19H20N6O4S/c1-27-19-13-10-16(29-15(13)6-7-21-19)14-11-22-17-4-5-18(24-25(14)17)28-8-3-9-30(2,26)23-12-20/h4-7,10-11,30H,3,8-9H2,1-2H3,(H,23,26). The van der Waals surface area contributed by atoms with Gasteiger partial charge in [0.2, 0.25) is 18.0 Å². The van der Waals surface area contributed by atoms with Crippen molar-refractivity contribution in [3.05, 3.63) is 36.7 Å². The number of methoxy groups -OCH3 is 1. The largest absolute Gasteiger partial charge is 0.480 e. The van der Waals surface area contributed by atoms with Gasteiger partial charge in [-0.2, -0.15) is 5.26 Å². The fourth-order valence-electron chi connectivity index (χ4n) is 3.02. The zero-order chi connectivity index (χ0) is 21.1.